The van der Waals surface area contributed by atoms with Crippen molar-refractivity contribution in [3.63, 3.8) is 0 Å². The van der Waals surface area contributed by atoms with Crippen molar-refractivity contribution in [3.05, 3.63) is 66.2 Å². The molecule has 1 amide bonds. The van der Waals surface area contributed by atoms with Crippen molar-refractivity contribution in [2.75, 3.05) is 26.2 Å². The summed E-state index contributed by atoms with van der Waals surface area (Å²) >= 11 is 0. The summed E-state index contributed by atoms with van der Waals surface area (Å²) in [4.78, 5) is 26.0. The van der Waals surface area contributed by atoms with E-state index >= 15 is 0 Å². The molecule has 2 aliphatic rings. The summed E-state index contributed by atoms with van der Waals surface area (Å²) in [6.07, 6.45) is 7.09. The molecule has 2 aliphatic heterocycles. The van der Waals surface area contributed by atoms with Gasteiger partial charge in [0.05, 0.1) is 11.0 Å². The summed E-state index contributed by atoms with van der Waals surface area (Å²) < 4.78 is 19.7. The van der Waals surface area contributed by atoms with Crippen LogP contribution in [0.5, 0.6) is 5.75 Å². The van der Waals surface area contributed by atoms with Crippen LogP contribution in [0.1, 0.15) is 36.0 Å². The number of piperidine rings is 2. The fraction of sp³-hybridized carbons (Fsp3) is 0.400. The van der Waals surface area contributed by atoms with E-state index in [4.69, 9.17) is 4.74 Å². The molecule has 3 aromatic rings. The third-order valence-corrected chi connectivity index (χ3v) is 6.59. The van der Waals surface area contributed by atoms with Crippen LogP contribution in [0, 0.1) is 5.82 Å². The number of amides is 1. The van der Waals surface area contributed by atoms with E-state index in [9.17, 15) is 9.18 Å². The number of nitrogens with zero attached hydrogens (tertiary/aromatic N) is 4. The zero-order chi connectivity index (χ0) is 21.9. The average Bonchev–Trinajstić information content (AvgIpc) is 2.85. The third-order valence-electron chi connectivity index (χ3n) is 6.59. The molecule has 2 fully saturated rings. The molecule has 2 aromatic carbocycles. The molecule has 0 atom stereocenters. The number of ether oxygens (including phenoxy) is 1. The Morgan fingerprint density at radius 1 is 0.906 bits per heavy atom. The second-order valence-electron chi connectivity index (χ2n) is 8.57. The van der Waals surface area contributed by atoms with Crippen LogP contribution < -0.4 is 4.74 Å². The molecule has 5 rings (SSSR count). The lowest BCUT2D eigenvalue weighted by Crippen LogP contribution is -2.50. The quantitative estimate of drug-likeness (QED) is 0.623. The number of benzene rings is 2. The van der Waals surface area contributed by atoms with Crippen LogP contribution in [0.15, 0.2) is 54.9 Å². The normalized spacial score (nSPS) is 18.7. The van der Waals surface area contributed by atoms with E-state index in [1.807, 2.05) is 23.1 Å². The largest absolute Gasteiger partial charge is 0.487 e. The fourth-order valence-electron chi connectivity index (χ4n) is 4.79. The van der Waals surface area contributed by atoms with Crippen LogP contribution >= 0.6 is 0 Å². The predicted molar refractivity (Wildman–Crippen MR) is 120 cm³/mol. The molecule has 6 nitrogen and oxygen atoms in total. The minimum atomic E-state index is -0.301. The summed E-state index contributed by atoms with van der Waals surface area (Å²) in [5.74, 6) is 0.107. The second-order valence-corrected chi connectivity index (χ2v) is 8.57. The first-order valence-electron chi connectivity index (χ1n) is 11.3. The average molecular weight is 435 g/mol. The van der Waals surface area contributed by atoms with Gasteiger partial charge in [0, 0.05) is 50.2 Å². The van der Waals surface area contributed by atoms with Gasteiger partial charge in [-0.25, -0.2) is 4.39 Å². The Bertz CT molecular complexity index is 1090. The minimum Gasteiger partial charge on any atom is -0.487 e. The second kappa shape index (κ2) is 9.20. The molecule has 1 aromatic heterocycles. The number of rotatable bonds is 4. The number of halogens is 1. The zero-order valence-electron chi connectivity index (χ0n) is 18.0. The van der Waals surface area contributed by atoms with Crippen LogP contribution in [-0.4, -0.2) is 64.0 Å². The van der Waals surface area contributed by atoms with E-state index in [0.29, 0.717) is 17.4 Å². The molecule has 0 saturated carbocycles. The molecular formula is C25H27FN4O2. The van der Waals surface area contributed by atoms with Crippen molar-refractivity contribution in [2.45, 2.75) is 37.8 Å². The molecule has 0 unspecified atom stereocenters. The lowest BCUT2D eigenvalue weighted by atomic mass is 9.98. The predicted octanol–water partition coefficient (Wildman–Crippen LogP) is 3.92. The standard InChI is InChI=1S/C25H27FN4O2/c26-21-3-1-2-4-24(21)32-20-9-15-29(16-10-20)19-7-13-30(14-8-19)25(31)18-5-6-22-23(17-18)28-12-11-27-22/h1-6,11-12,17,19-20H,7-10,13-16H2. The highest BCUT2D eigenvalue weighted by Crippen LogP contribution is 2.26. The lowest BCUT2D eigenvalue weighted by molar-refractivity contribution is 0.0416. The third kappa shape index (κ3) is 4.43. The van der Waals surface area contributed by atoms with Crippen molar-refractivity contribution in [2.24, 2.45) is 0 Å². The number of aromatic nitrogens is 2. The topological polar surface area (TPSA) is 58.6 Å². The van der Waals surface area contributed by atoms with Gasteiger partial charge in [-0.05, 0) is 56.0 Å². The van der Waals surface area contributed by atoms with E-state index in [0.717, 1.165) is 62.9 Å². The maximum atomic E-state index is 13.8. The number of hydrogen-bond donors (Lipinski definition) is 0. The first-order chi connectivity index (χ1) is 15.7. The summed E-state index contributed by atoms with van der Waals surface area (Å²) in [6, 6.07) is 12.6. The SMILES string of the molecule is O=C(c1ccc2nccnc2c1)N1CCC(N2CCC(Oc3ccccc3F)CC2)CC1. The molecule has 3 heterocycles. The number of para-hydroxylation sites is 1. The maximum Gasteiger partial charge on any atom is 0.253 e. The van der Waals surface area contributed by atoms with Crippen molar-refractivity contribution in [1.29, 1.82) is 0 Å². The first-order valence-corrected chi connectivity index (χ1v) is 11.3. The molecule has 7 heteroatoms. The zero-order valence-corrected chi connectivity index (χ0v) is 18.0. The van der Waals surface area contributed by atoms with E-state index in [1.54, 1.807) is 30.6 Å². The van der Waals surface area contributed by atoms with E-state index in [-0.39, 0.29) is 17.8 Å². The lowest BCUT2D eigenvalue weighted by Gasteiger charge is -2.41. The molecule has 0 bridgehead atoms. The van der Waals surface area contributed by atoms with Crippen LogP contribution in [0.2, 0.25) is 0 Å². The van der Waals surface area contributed by atoms with Gasteiger partial charge < -0.3 is 9.64 Å². The van der Waals surface area contributed by atoms with Crippen LogP contribution in [0.3, 0.4) is 0 Å². The number of fused-ring (bicyclic) bond motifs is 1. The number of carbonyl (C=O) groups excluding carboxylic acids is 1. The van der Waals surface area contributed by atoms with Crippen molar-refractivity contribution in [1.82, 2.24) is 19.8 Å². The van der Waals surface area contributed by atoms with Crippen LogP contribution in [0.4, 0.5) is 4.39 Å². The van der Waals surface area contributed by atoms with Crippen molar-refractivity contribution < 1.29 is 13.9 Å². The van der Waals surface area contributed by atoms with Gasteiger partial charge in [-0.15, -0.1) is 0 Å². The molecule has 0 spiro atoms. The molecule has 166 valence electrons. The summed E-state index contributed by atoms with van der Waals surface area (Å²) in [7, 11) is 0. The van der Waals surface area contributed by atoms with E-state index in [1.165, 1.54) is 6.07 Å². The molecule has 0 radical (unpaired) electrons. The van der Waals surface area contributed by atoms with Gasteiger partial charge in [-0.2, -0.15) is 0 Å². The molecule has 32 heavy (non-hydrogen) atoms. The van der Waals surface area contributed by atoms with Gasteiger partial charge in [0.2, 0.25) is 0 Å². The Morgan fingerprint density at radius 2 is 1.62 bits per heavy atom. The molecule has 2 saturated heterocycles. The van der Waals surface area contributed by atoms with Gasteiger partial charge >= 0.3 is 0 Å². The summed E-state index contributed by atoms with van der Waals surface area (Å²) in [5.41, 5.74) is 2.21. The molecule has 0 aliphatic carbocycles. The summed E-state index contributed by atoms with van der Waals surface area (Å²) in [6.45, 7) is 3.41. The highest BCUT2D eigenvalue weighted by molar-refractivity contribution is 5.97. The Kier molecular flexibility index (Phi) is 5.99. The Labute approximate surface area is 187 Å². The smallest absolute Gasteiger partial charge is 0.253 e. The molecular weight excluding hydrogens is 407 g/mol. The Balaban J connectivity index is 1.12. The van der Waals surface area contributed by atoms with E-state index < -0.39 is 0 Å². The van der Waals surface area contributed by atoms with Crippen molar-refractivity contribution in [3.8, 4) is 5.75 Å². The van der Waals surface area contributed by atoms with E-state index in [2.05, 4.69) is 14.9 Å². The Morgan fingerprint density at radius 3 is 2.38 bits per heavy atom. The van der Waals surface area contributed by atoms with Crippen LogP contribution in [-0.2, 0) is 0 Å². The van der Waals surface area contributed by atoms with Gasteiger partial charge in [-0.1, -0.05) is 12.1 Å². The minimum absolute atomic E-state index is 0.0563. The first kappa shape index (κ1) is 20.8. The Hall–Kier alpha value is -3.06. The number of likely N-dealkylation sites (tertiary alicyclic amines) is 2. The maximum absolute atomic E-state index is 13.8. The highest BCUT2D eigenvalue weighted by atomic mass is 19.1. The van der Waals surface area contributed by atoms with Gasteiger partial charge in [0.1, 0.15) is 6.10 Å². The molecule has 0 N–H and O–H groups in total. The highest BCUT2D eigenvalue weighted by Gasteiger charge is 2.30. The summed E-state index contributed by atoms with van der Waals surface area (Å²) in [5, 5.41) is 0. The fourth-order valence-corrected chi connectivity index (χ4v) is 4.79. The van der Waals surface area contributed by atoms with Gasteiger partial charge in [-0.3, -0.25) is 19.7 Å². The van der Waals surface area contributed by atoms with Gasteiger partial charge in [0.15, 0.2) is 11.6 Å². The number of carbonyl (C=O) groups is 1. The van der Waals surface area contributed by atoms with Crippen LogP contribution in [0.25, 0.3) is 11.0 Å². The van der Waals surface area contributed by atoms with Crippen molar-refractivity contribution >= 4 is 16.9 Å². The number of hydrogen-bond acceptors (Lipinski definition) is 5. The van der Waals surface area contributed by atoms with Gasteiger partial charge in [0.25, 0.3) is 5.91 Å². The monoisotopic (exact) mass is 434 g/mol.